The summed E-state index contributed by atoms with van der Waals surface area (Å²) in [5.41, 5.74) is 4.81. The molecule has 2 aromatic carbocycles. The molecule has 5 rings (SSSR count). The third kappa shape index (κ3) is 4.36. The highest BCUT2D eigenvalue weighted by Gasteiger charge is 2.43. The predicted octanol–water partition coefficient (Wildman–Crippen LogP) is 5.10. The SMILES string of the molecule is Cl.c1ccc(COc2cc3c(cn2)COC32CCN(Cc3ccccc3)CC2)cc1. The number of fused-ring (bicyclic) bond motifs is 2. The lowest BCUT2D eigenvalue weighted by atomic mass is 9.84. The predicted molar refractivity (Wildman–Crippen MR) is 120 cm³/mol. The molecule has 1 fully saturated rings. The van der Waals surface area contributed by atoms with Crippen LogP contribution in [0.5, 0.6) is 5.88 Å². The minimum absolute atomic E-state index is 0. The van der Waals surface area contributed by atoms with Gasteiger partial charge in [0.25, 0.3) is 0 Å². The highest BCUT2D eigenvalue weighted by atomic mass is 35.5. The van der Waals surface area contributed by atoms with Crippen molar-refractivity contribution in [3.8, 4) is 5.88 Å². The number of rotatable bonds is 5. The van der Waals surface area contributed by atoms with Gasteiger partial charge in [-0.05, 0) is 29.5 Å². The largest absolute Gasteiger partial charge is 0.473 e. The molecule has 156 valence electrons. The molecule has 3 heterocycles. The van der Waals surface area contributed by atoms with Crippen molar-refractivity contribution in [2.75, 3.05) is 13.1 Å². The molecule has 5 heteroatoms. The summed E-state index contributed by atoms with van der Waals surface area (Å²) in [4.78, 5) is 7.03. The van der Waals surface area contributed by atoms with Crippen LogP contribution in [-0.2, 0) is 30.1 Å². The standard InChI is InChI=1S/C25H26N2O2.ClH/c1-3-7-20(8-4-1)17-27-13-11-25(12-14-27)23-15-24(26-16-22(23)19-29-25)28-18-21-9-5-2-6-10-21;/h1-10,15-16H,11-14,17-19H2;1H. The maximum atomic E-state index is 6.35. The Kier molecular flexibility index (Phi) is 6.38. The van der Waals surface area contributed by atoms with Crippen LogP contribution in [-0.4, -0.2) is 23.0 Å². The number of nitrogens with zero attached hydrogens (tertiary/aromatic N) is 2. The summed E-state index contributed by atoms with van der Waals surface area (Å²) < 4.78 is 12.3. The first-order valence-electron chi connectivity index (χ1n) is 10.4. The fraction of sp³-hybridized carbons (Fsp3) is 0.320. The Bertz CT molecular complexity index is 957. The minimum Gasteiger partial charge on any atom is -0.473 e. The molecule has 4 nitrogen and oxygen atoms in total. The second-order valence-corrected chi connectivity index (χ2v) is 8.00. The van der Waals surface area contributed by atoms with Crippen molar-refractivity contribution in [3.05, 3.63) is 95.2 Å². The molecular formula is C25H27ClN2O2. The van der Waals surface area contributed by atoms with Gasteiger partial charge in [-0.25, -0.2) is 4.98 Å². The van der Waals surface area contributed by atoms with Gasteiger partial charge in [0.05, 0.1) is 12.2 Å². The number of ether oxygens (including phenoxy) is 2. The maximum absolute atomic E-state index is 6.35. The van der Waals surface area contributed by atoms with Crippen molar-refractivity contribution >= 4 is 12.4 Å². The molecule has 0 aliphatic carbocycles. The Balaban J connectivity index is 0.00000218. The Morgan fingerprint density at radius 2 is 1.60 bits per heavy atom. The van der Waals surface area contributed by atoms with Gasteiger partial charge in [-0.1, -0.05) is 60.7 Å². The third-order valence-corrected chi connectivity index (χ3v) is 6.10. The first-order chi connectivity index (χ1) is 14.3. The van der Waals surface area contributed by atoms with Gasteiger partial charge < -0.3 is 9.47 Å². The molecule has 1 spiro atoms. The van der Waals surface area contributed by atoms with Crippen molar-refractivity contribution in [2.45, 2.75) is 38.2 Å². The van der Waals surface area contributed by atoms with E-state index in [1.54, 1.807) is 0 Å². The summed E-state index contributed by atoms with van der Waals surface area (Å²) in [5.74, 6) is 0.684. The van der Waals surface area contributed by atoms with Crippen molar-refractivity contribution in [2.24, 2.45) is 0 Å². The van der Waals surface area contributed by atoms with Crippen LogP contribution in [0.3, 0.4) is 0 Å². The lowest BCUT2D eigenvalue weighted by Crippen LogP contribution is -2.42. The minimum atomic E-state index is -0.184. The fourth-order valence-electron chi connectivity index (χ4n) is 4.44. The van der Waals surface area contributed by atoms with E-state index < -0.39 is 0 Å². The molecule has 0 radical (unpaired) electrons. The molecule has 30 heavy (non-hydrogen) atoms. The van der Waals surface area contributed by atoms with Gasteiger partial charge in [0.1, 0.15) is 6.61 Å². The highest BCUT2D eigenvalue weighted by Crippen LogP contribution is 2.45. The molecule has 2 aliphatic rings. The van der Waals surface area contributed by atoms with Crippen LogP contribution in [0.2, 0.25) is 0 Å². The number of piperidine rings is 1. The van der Waals surface area contributed by atoms with Gasteiger partial charge in [0.15, 0.2) is 0 Å². The van der Waals surface area contributed by atoms with E-state index in [2.05, 4.69) is 58.4 Å². The van der Waals surface area contributed by atoms with E-state index >= 15 is 0 Å². The lowest BCUT2D eigenvalue weighted by Gasteiger charge is -2.39. The zero-order valence-corrected chi connectivity index (χ0v) is 17.8. The van der Waals surface area contributed by atoms with Crippen LogP contribution in [0.15, 0.2) is 72.9 Å². The molecule has 0 N–H and O–H groups in total. The summed E-state index contributed by atoms with van der Waals surface area (Å²) >= 11 is 0. The first-order valence-corrected chi connectivity index (χ1v) is 10.4. The molecule has 1 aromatic heterocycles. The monoisotopic (exact) mass is 422 g/mol. The Morgan fingerprint density at radius 1 is 0.933 bits per heavy atom. The Labute approximate surface area is 184 Å². The highest BCUT2D eigenvalue weighted by molar-refractivity contribution is 5.85. The second kappa shape index (κ2) is 9.17. The first kappa shape index (κ1) is 20.9. The zero-order valence-electron chi connectivity index (χ0n) is 17.0. The van der Waals surface area contributed by atoms with Gasteiger partial charge in [0.2, 0.25) is 5.88 Å². The maximum Gasteiger partial charge on any atom is 0.213 e. The van der Waals surface area contributed by atoms with Crippen LogP contribution in [0.25, 0.3) is 0 Å². The third-order valence-electron chi connectivity index (χ3n) is 6.10. The van der Waals surface area contributed by atoms with Gasteiger partial charge in [-0.2, -0.15) is 0 Å². The molecule has 2 aliphatic heterocycles. The number of aromatic nitrogens is 1. The Morgan fingerprint density at radius 3 is 2.30 bits per heavy atom. The quantitative estimate of drug-likeness (QED) is 0.572. The second-order valence-electron chi connectivity index (χ2n) is 8.00. The van der Waals surface area contributed by atoms with E-state index in [0.29, 0.717) is 19.1 Å². The van der Waals surface area contributed by atoms with E-state index in [9.17, 15) is 0 Å². The van der Waals surface area contributed by atoms with E-state index in [4.69, 9.17) is 9.47 Å². The van der Waals surface area contributed by atoms with Crippen LogP contribution in [0, 0.1) is 0 Å². The van der Waals surface area contributed by atoms with Crippen molar-refractivity contribution in [1.82, 2.24) is 9.88 Å². The zero-order chi connectivity index (χ0) is 19.5. The van der Waals surface area contributed by atoms with Gasteiger partial charge in [-0.15, -0.1) is 12.4 Å². The smallest absolute Gasteiger partial charge is 0.213 e. The summed E-state index contributed by atoms with van der Waals surface area (Å²) in [6.07, 6.45) is 3.95. The lowest BCUT2D eigenvalue weighted by molar-refractivity contribution is -0.0799. The fourth-order valence-corrected chi connectivity index (χ4v) is 4.44. The van der Waals surface area contributed by atoms with Crippen LogP contribution < -0.4 is 4.74 Å². The van der Waals surface area contributed by atoms with Crippen molar-refractivity contribution in [1.29, 1.82) is 0 Å². The summed E-state index contributed by atoms with van der Waals surface area (Å²) in [6, 6.07) is 23.0. The molecule has 3 aromatic rings. The summed E-state index contributed by atoms with van der Waals surface area (Å²) in [5, 5.41) is 0. The number of pyridine rings is 1. The number of hydrogen-bond donors (Lipinski definition) is 0. The van der Waals surface area contributed by atoms with Crippen molar-refractivity contribution in [3.63, 3.8) is 0 Å². The van der Waals surface area contributed by atoms with Crippen LogP contribution >= 0.6 is 12.4 Å². The molecule has 0 saturated carbocycles. The molecular weight excluding hydrogens is 396 g/mol. The number of benzene rings is 2. The number of hydrogen-bond acceptors (Lipinski definition) is 4. The normalized spacial score (nSPS) is 17.3. The van der Waals surface area contributed by atoms with E-state index in [1.807, 2.05) is 24.4 Å². The molecule has 0 unspecified atom stereocenters. The van der Waals surface area contributed by atoms with Gasteiger partial charge in [-0.3, -0.25) is 4.90 Å². The number of likely N-dealkylation sites (tertiary alicyclic amines) is 1. The van der Waals surface area contributed by atoms with Crippen LogP contribution in [0.1, 0.15) is 35.1 Å². The van der Waals surface area contributed by atoms with Gasteiger partial charge >= 0.3 is 0 Å². The summed E-state index contributed by atoms with van der Waals surface area (Å²) in [6.45, 7) is 4.27. The molecule has 0 amide bonds. The number of halogens is 1. The van der Waals surface area contributed by atoms with E-state index in [0.717, 1.165) is 38.0 Å². The van der Waals surface area contributed by atoms with Gasteiger partial charge in [0, 0.05) is 37.5 Å². The van der Waals surface area contributed by atoms with Crippen LogP contribution in [0.4, 0.5) is 0 Å². The average Bonchev–Trinajstić information content (AvgIpc) is 3.13. The molecule has 1 saturated heterocycles. The molecule has 0 atom stereocenters. The average molecular weight is 423 g/mol. The van der Waals surface area contributed by atoms with E-state index in [1.165, 1.54) is 16.7 Å². The Hall–Kier alpha value is -2.40. The molecule has 0 bridgehead atoms. The van der Waals surface area contributed by atoms with E-state index in [-0.39, 0.29) is 18.0 Å². The van der Waals surface area contributed by atoms with Crippen molar-refractivity contribution < 1.29 is 9.47 Å². The summed E-state index contributed by atoms with van der Waals surface area (Å²) in [7, 11) is 0. The topological polar surface area (TPSA) is 34.6 Å².